The number of anilines is 1. The summed E-state index contributed by atoms with van der Waals surface area (Å²) < 4.78 is 21.3. The average molecular weight is 429 g/mol. The van der Waals surface area contributed by atoms with Gasteiger partial charge >= 0.3 is 0 Å². The number of hydrogen-bond donors (Lipinski definition) is 1. The van der Waals surface area contributed by atoms with Crippen LogP contribution in [0.15, 0.2) is 65.5 Å². The first-order valence-corrected chi connectivity index (χ1v) is 9.99. The van der Waals surface area contributed by atoms with Crippen molar-refractivity contribution < 1.29 is 9.13 Å². The van der Waals surface area contributed by atoms with E-state index in [4.69, 9.17) is 10.00 Å². The van der Waals surface area contributed by atoms with Crippen molar-refractivity contribution in [3.8, 4) is 17.3 Å². The number of benzene rings is 2. The Morgan fingerprint density at radius 1 is 1.09 bits per heavy atom. The molecular formula is C24H20FN5O2. The molecular weight excluding hydrogens is 409 g/mol. The molecule has 4 aromatic rings. The number of rotatable bonds is 7. The number of aromatic nitrogens is 3. The SMILES string of the molecule is COCCNc1ccc(-c2nn(Cc3ccc(C#N)cc3)c(=O)c3ccccc23)c(F)n1. The lowest BCUT2D eigenvalue weighted by atomic mass is 10.1. The van der Waals surface area contributed by atoms with Crippen LogP contribution in [0.4, 0.5) is 10.2 Å². The summed E-state index contributed by atoms with van der Waals surface area (Å²) in [6.45, 7) is 1.16. The van der Waals surface area contributed by atoms with E-state index in [2.05, 4.69) is 21.5 Å². The lowest BCUT2D eigenvalue weighted by Crippen LogP contribution is -2.24. The molecule has 0 aliphatic carbocycles. The third kappa shape index (κ3) is 4.33. The minimum Gasteiger partial charge on any atom is -0.383 e. The zero-order chi connectivity index (χ0) is 22.5. The van der Waals surface area contributed by atoms with Crippen LogP contribution in [0.25, 0.3) is 22.0 Å². The summed E-state index contributed by atoms with van der Waals surface area (Å²) in [6.07, 6.45) is 0. The fourth-order valence-electron chi connectivity index (χ4n) is 3.39. The van der Waals surface area contributed by atoms with Crippen molar-refractivity contribution in [1.29, 1.82) is 5.26 Å². The highest BCUT2D eigenvalue weighted by atomic mass is 19.1. The maximum absolute atomic E-state index is 15.0. The molecule has 0 saturated heterocycles. The summed E-state index contributed by atoms with van der Waals surface area (Å²) in [4.78, 5) is 17.0. The van der Waals surface area contributed by atoms with Gasteiger partial charge in [-0.1, -0.05) is 30.3 Å². The molecule has 0 saturated carbocycles. The van der Waals surface area contributed by atoms with Crippen LogP contribution in [0.5, 0.6) is 0 Å². The van der Waals surface area contributed by atoms with E-state index >= 15 is 0 Å². The number of ether oxygens (including phenoxy) is 1. The quantitative estimate of drug-likeness (QED) is 0.357. The first-order chi connectivity index (χ1) is 15.6. The molecule has 2 heterocycles. The lowest BCUT2D eigenvalue weighted by Gasteiger charge is -2.13. The summed E-state index contributed by atoms with van der Waals surface area (Å²) >= 11 is 0. The summed E-state index contributed by atoms with van der Waals surface area (Å²) in [5.41, 5.74) is 1.59. The number of methoxy groups -OCH3 is 1. The molecule has 2 aromatic heterocycles. The molecule has 0 radical (unpaired) electrons. The minimum atomic E-state index is -0.686. The van der Waals surface area contributed by atoms with Crippen LogP contribution >= 0.6 is 0 Å². The van der Waals surface area contributed by atoms with E-state index in [9.17, 15) is 9.18 Å². The maximum atomic E-state index is 15.0. The number of fused-ring (bicyclic) bond motifs is 1. The van der Waals surface area contributed by atoms with E-state index in [1.54, 1.807) is 67.8 Å². The molecule has 1 N–H and O–H groups in total. The van der Waals surface area contributed by atoms with E-state index in [1.165, 1.54) is 4.68 Å². The standard InChI is InChI=1S/C24H20FN5O2/c1-32-13-12-27-21-11-10-20(23(25)28-21)22-18-4-2-3-5-19(18)24(31)30(29-22)15-17-8-6-16(14-26)7-9-17/h2-11H,12-13,15H2,1H3,(H,27,28). The van der Waals surface area contributed by atoms with Crippen molar-refractivity contribution in [2.24, 2.45) is 0 Å². The Balaban J connectivity index is 1.78. The number of hydrogen-bond acceptors (Lipinski definition) is 6. The van der Waals surface area contributed by atoms with Gasteiger partial charge in [-0.25, -0.2) is 9.67 Å². The largest absolute Gasteiger partial charge is 0.383 e. The van der Waals surface area contributed by atoms with Crippen molar-refractivity contribution in [2.75, 3.05) is 25.6 Å². The van der Waals surface area contributed by atoms with Crippen LogP contribution in [0.2, 0.25) is 0 Å². The van der Waals surface area contributed by atoms with E-state index in [0.29, 0.717) is 41.0 Å². The zero-order valence-electron chi connectivity index (χ0n) is 17.4. The molecule has 160 valence electrons. The zero-order valence-corrected chi connectivity index (χ0v) is 17.4. The van der Waals surface area contributed by atoms with Gasteiger partial charge in [0.1, 0.15) is 11.5 Å². The Morgan fingerprint density at radius 2 is 1.84 bits per heavy atom. The Bertz CT molecular complexity index is 1360. The number of nitrogens with zero attached hydrogens (tertiary/aromatic N) is 4. The summed E-state index contributed by atoms with van der Waals surface area (Å²) in [6, 6.07) is 19.2. The fraction of sp³-hybridized carbons (Fsp3) is 0.167. The summed E-state index contributed by atoms with van der Waals surface area (Å²) in [5.74, 6) is -0.299. The van der Waals surface area contributed by atoms with Gasteiger partial charge in [-0.2, -0.15) is 14.8 Å². The molecule has 0 atom stereocenters. The summed E-state index contributed by atoms with van der Waals surface area (Å²) in [5, 5.41) is 17.5. The second kappa shape index (κ2) is 9.37. The molecule has 2 aromatic carbocycles. The van der Waals surface area contributed by atoms with Gasteiger partial charge < -0.3 is 10.1 Å². The van der Waals surface area contributed by atoms with Gasteiger partial charge in [0.15, 0.2) is 0 Å². The molecule has 8 heteroatoms. The van der Waals surface area contributed by atoms with Crippen molar-refractivity contribution in [3.05, 3.63) is 88.1 Å². The molecule has 0 amide bonds. The molecule has 32 heavy (non-hydrogen) atoms. The van der Waals surface area contributed by atoms with Crippen LogP contribution in [0.1, 0.15) is 11.1 Å². The molecule has 0 bridgehead atoms. The first kappa shape index (κ1) is 21.2. The number of pyridine rings is 1. The van der Waals surface area contributed by atoms with Crippen molar-refractivity contribution in [2.45, 2.75) is 6.54 Å². The Kier molecular flexibility index (Phi) is 6.19. The van der Waals surface area contributed by atoms with E-state index in [-0.39, 0.29) is 17.7 Å². The second-order valence-electron chi connectivity index (χ2n) is 7.12. The Hall–Kier alpha value is -4.09. The predicted molar refractivity (Wildman–Crippen MR) is 120 cm³/mol. The fourth-order valence-corrected chi connectivity index (χ4v) is 3.39. The highest BCUT2D eigenvalue weighted by Gasteiger charge is 2.16. The molecule has 0 aliphatic heterocycles. The third-order valence-electron chi connectivity index (χ3n) is 5.00. The maximum Gasteiger partial charge on any atom is 0.274 e. The topological polar surface area (TPSA) is 92.8 Å². The predicted octanol–water partition coefficient (Wildman–Crippen LogP) is 3.58. The lowest BCUT2D eigenvalue weighted by molar-refractivity contribution is 0.210. The third-order valence-corrected chi connectivity index (χ3v) is 5.00. The number of halogens is 1. The first-order valence-electron chi connectivity index (χ1n) is 9.99. The van der Waals surface area contributed by atoms with E-state index in [0.717, 1.165) is 5.56 Å². The van der Waals surface area contributed by atoms with Gasteiger partial charge in [-0.3, -0.25) is 4.79 Å². The highest BCUT2D eigenvalue weighted by Crippen LogP contribution is 2.27. The van der Waals surface area contributed by atoms with Crippen LogP contribution in [-0.2, 0) is 11.3 Å². The number of nitrogens with one attached hydrogen (secondary N) is 1. The smallest absolute Gasteiger partial charge is 0.274 e. The highest BCUT2D eigenvalue weighted by molar-refractivity contribution is 5.93. The van der Waals surface area contributed by atoms with Gasteiger partial charge in [-0.05, 0) is 35.9 Å². The van der Waals surface area contributed by atoms with Crippen LogP contribution < -0.4 is 10.9 Å². The molecule has 0 spiro atoms. The van der Waals surface area contributed by atoms with Crippen molar-refractivity contribution in [3.63, 3.8) is 0 Å². The van der Waals surface area contributed by atoms with Gasteiger partial charge in [0.25, 0.3) is 5.56 Å². The van der Waals surface area contributed by atoms with Gasteiger partial charge in [0, 0.05) is 19.0 Å². The van der Waals surface area contributed by atoms with E-state index < -0.39 is 5.95 Å². The second-order valence-corrected chi connectivity index (χ2v) is 7.12. The molecule has 0 unspecified atom stereocenters. The van der Waals surface area contributed by atoms with Crippen molar-refractivity contribution >= 4 is 16.6 Å². The molecule has 4 rings (SSSR count). The van der Waals surface area contributed by atoms with Gasteiger partial charge in [0.2, 0.25) is 5.95 Å². The molecule has 7 nitrogen and oxygen atoms in total. The van der Waals surface area contributed by atoms with Gasteiger partial charge in [-0.15, -0.1) is 0 Å². The van der Waals surface area contributed by atoms with Crippen molar-refractivity contribution in [1.82, 2.24) is 14.8 Å². The van der Waals surface area contributed by atoms with Gasteiger partial charge in [0.05, 0.1) is 35.7 Å². The summed E-state index contributed by atoms with van der Waals surface area (Å²) in [7, 11) is 1.59. The molecule has 0 fully saturated rings. The average Bonchev–Trinajstić information content (AvgIpc) is 2.82. The van der Waals surface area contributed by atoms with Crippen LogP contribution in [-0.4, -0.2) is 35.0 Å². The molecule has 0 aliphatic rings. The van der Waals surface area contributed by atoms with Crippen LogP contribution in [0.3, 0.4) is 0 Å². The minimum absolute atomic E-state index is 0.189. The van der Waals surface area contributed by atoms with Crippen LogP contribution in [0, 0.1) is 17.3 Å². The normalized spacial score (nSPS) is 10.8. The Morgan fingerprint density at radius 3 is 2.53 bits per heavy atom. The Labute approximate surface area is 183 Å². The number of nitriles is 1. The monoisotopic (exact) mass is 429 g/mol. The van der Waals surface area contributed by atoms with E-state index in [1.807, 2.05) is 0 Å².